The number of aromatic nitrogens is 1. The summed E-state index contributed by atoms with van der Waals surface area (Å²) in [6, 6.07) is 9.83. The van der Waals surface area contributed by atoms with Crippen LogP contribution in [-0.4, -0.2) is 32.5 Å². The van der Waals surface area contributed by atoms with Gasteiger partial charge in [0.15, 0.2) is 0 Å². The summed E-state index contributed by atoms with van der Waals surface area (Å²) >= 11 is 6.07. The zero-order valence-electron chi connectivity index (χ0n) is 13.3. The lowest BCUT2D eigenvalue weighted by molar-refractivity contribution is -0.128. The molecule has 1 fully saturated rings. The summed E-state index contributed by atoms with van der Waals surface area (Å²) in [5, 5.41) is 0.492. The molecule has 1 aromatic carbocycles. The van der Waals surface area contributed by atoms with Crippen LogP contribution in [0.5, 0.6) is 0 Å². The molecule has 0 saturated carbocycles. The fourth-order valence-corrected chi connectivity index (χ4v) is 4.14. The smallest absolute Gasteiger partial charge is 0.265 e. The summed E-state index contributed by atoms with van der Waals surface area (Å²) in [5.74, 6) is -0.582. The zero-order chi connectivity index (χ0) is 17.9. The molecule has 0 radical (unpaired) electrons. The Bertz CT molecular complexity index is 865. The van der Waals surface area contributed by atoms with Gasteiger partial charge in [-0.25, -0.2) is 13.1 Å². The minimum absolute atomic E-state index is 0.0587. The SMILES string of the molecule is O=C(NS(=O)(=O)c1cccnc1)C1(c2cccc(Cl)c2)CCOCC1. The van der Waals surface area contributed by atoms with E-state index in [9.17, 15) is 13.2 Å². The van der Waals surface area contributed by atoms with Crippen molar-refractivity contribution in [3.63, 3.8) is 0 Å². The number of amides is 1. The Labute approximate surface area is 151 Å². The van der Waals surface area contributed by atoms with E-state index in [4.69, 9.17) is 16.3 Å². The Morgan fingerprint density at radius 3 is 2.60 bits per heavy atom. The first-order chi connectivity index (χ1) is 11.9. The van der Waals surface area contributed by atoms with Crippen LogP contribution in [0, 0.1) is 0 Å². The third-order valence-corrected chi connectivity index (χ3v) is 5.88. The normalized spacial score (nSPS) is 17.0. The highest BCUT2D eigenvalue weighted by atomic mass is 35.5. The van der Waals surface area contributed by atoms with E-state index in [-0.39, 0.29) is 4.90 Å². The number of nitrogens with one attached hydrogen (secondary N) is 1. The minimum Gasteiger partial charge on any atom is -0.381 e. The molecule has 0 bridgehead atoms. The Morgan fingerprint density at radius 2 is 1.96 bits per heavy atom. The molecule has 8 heteroatoms. The van der Waals surface area contributed by atoms with Gasteiger partial charge in [-0.3, -0.25) is 9.78 Å². The summed E-state index contributed by atoms with van der Waals surface area (Å²) in [7, 11) is -4.00. The van der Waals surface area contributed by atoms with Crippen LogP contribution in [0.1, 0.15) is 18.4 Å². The molecule has 2 heterocycles. The van der Waals surface area contributed by atoms with Crippen molar-refractivity contribution < 1.29 is 17.9 Å². The Morgan fingerprint density at radius 1 is 1.20 bits per heavy atom. The first-order valence-corrected chi connectivity index (χ1v) is 9.61. The molecule has 1 aliphatic heterocycles. The van der Waals surface area contributed by atoms with E-state index in [0.717, 1.165) is 0 Å². The van der Waals surface area contributed by atoms with E-state index in [2.05, 4.69) is 9.71 Å². The van der Waals surface area contributed by atoms with Gasteiger partial charge >= 0.3 is 0 Å². The lowest BCUT2D eigenvalue weighted by Gasteiger charge is -2.36. The van der Waals surface area contributed by atoms with Gasteiger partial charge in [-0.15, -0.1) is 0 Å². The molecule has 0 atom stereocenters. The van der Waals surface area contributed by atoms with Gasteiger partial charge in [0.25, 0.3) is 10.0 Å². The van der Waals surface area contributed by atoms with E-state index >= 15 is 0 Å². The molecule has 1 aromatic heterocycles. The second kappa shape index (κ2) is 7.11. The number of hydrogen-bond acceptors (Lipinski definition) is 5. The molecule has 1 N–H and O–H groups in total. The second-order valence-corrected chi connectivity index (χ2v) is 7.95. The molecular formula is C17H17ClN2O4S. The average molecular weight is 381 g/mol. The first-order valence-electron chi connectivity index (χ1n) is 7.75. The van der Waals surface area contributed by atoms with Gasteiger partial charge in [0, 0.05) is 30.6 Å². The number of nitrogens with zero attached hydrogens (tertiary/aromatic N) is 1. The van der Waals surface area contributed by atoms with Crippen molar-refractivity contribution in [2.45, 2.75) is 23.2 Å². The molecule has 0 aliphatic carbocycles. The number of benzene rings is 1. The lowest BCUT2D eigenvalue weighted by atomic mass is 9.73. The molecule has 1 saturated heterocycles. The number of hydrogen-bond donors (Lipinski definition) is 1. The van der Waals surface area contributed by atoms with E-state index in [0.29, 0.717) is 36.6 Å². The summed E-state index contributed by atoms with van der Waals surface area (Å²) < 4.78 is 32.6. The highest BCUT2D eigenvalue weighted by Gasteiger charge is 2.43. The number of rotatable bonds is 4. The maximum Gasteiger partial charge on any atom is 0.265 e. The monoisotopic (exact) mass is 380 g/mol. The molecule has 1 aliphatic rings. The molecule has 132 valence electrons. The minimum atomic E-state index is -4.00. The number of carbonyl (C=O) groups is 1. The predicted octanol–water partition coefficient (Wildman–Crippen LogP) is 2.29. The molecule has 0 unspecified atom stereocenters. The van der Waals surface area contributed by atoms with E-state index in [1.165, 1.54) is 24.5 Å². The fourth-order valence-electron chi connectivity index (χ4n) is 2.94. The van der Waals surface area contributed by atoms with Crippen LogP contribution < -0.4 is 4.72 Å². The quantitative estimate of drug-likeness (QED) is 0.879. The van der Waals surface area contributed by atoms with Crippen molar-refractivity contribution in [1.82, 2.24) is 9.71 Å². The lowest BCUT2D eigenvalue weighted by Crippen LogP contribution is -2.49. The van der Waals surface area contributed by atoms with Crippen LogP contribution >= 0.6 is 11.6 Å². The van der Waals surface area contributed by atoms with Gasteiger partial charge in [-0.1, -0.05) is 23.7 Å². The number of pyridine rings is 1. The number of sulfonamides is 1. The van der Waals surface area contributed by atoms with Crippen LogP contribution in [-0.2, 0) is 25.0 Å². The average Bonchev–Trinajstić information content (AvgIpc) is 2.62. The van der Waals surface area contributed by atoms with Crippen molar-refractivity contribution in [2.24, 2.45) is 0 Å². The Balaban J connectivity index is 1.96. The zero-order valence-corrected chi connectivity index (χ0v) is 14.9. The molecule has 1 amide bonds. The molecule has 6 nitrogen and oxygen atoms in total. The Hall–Kier alpha value is -1.96. The van der Waals surface area contributed by atoms with Gasteiger partial charge in [-0.2, -0.15) is 0 Å². The maximum absolute atomic E-state index is 13.0. The van der Waals surface area contributed by atoms with Crippen molar-refractivity contribution in [3.05, 3.63) is 59.4 Å². The topological polar surface area (TPSA) is 85.4 Å². The highest BCUT2D eigenvalue weighted by Crippen LogP contribution is 2.36. The molecule has 3 rings (SSSR count). The van der Waals surface area contributed by atoms with E-state index < -0.39 is 21.3 Å². The van der Waals surface area contributed by atoms with Gasteiger partial charge in [0.05, 0.1) is 5.41 Å². The Kier molecular flexibility index (Phi) is 5.08. The van der Waals surface area contributed by atoms with Gasteiger partial charge in [0.1, 0.15) is 4.90 Å². The highest BCUT2D eigenvalue weighted by molar-refractivity contribution is 7.90. The molecular weight excluding hydrogens is 364 g/mol. The number of ether oxygens (including phenoxy) is 1. The van der Waals surface area contributed by atoms with Crippen LogP contribution in [0.4, 0.5) is 0 Å². The second-order valence-electron chi connectivity index (χ2n) is 5.83. The van der Waals surface area contributed by atoms with Gasteiger partial charge in [0.2, 0.25) is 5.91 Å². The molecule has 2 aromatic rings. The van der Waals surface area contributed by atoms with Crippen molar-refractivity contribution in [2.75, 3.05) is 13.2 Å². The third-order valence-electron chi connectivity index (χ3n) is 4.33. The summed E-state index contributed by atoms with van der Waals surface area (Å²) in [5.41, 5.74) is -0.319. The maximum atomic E-state index is 13.0. The van der Waals surface area contributed by atoms with Gasteiger partial charge < -0.3 is 4.74 Å². The van der Waals surface area contributed by atoms with E-state index in [1.54, 1.807) is 24.3 Å². The number of carbonyl (C=O) groups excluding carboxylic acids is 1. The standard InChI is InChI=1S/C17H17ClN2O4S/c18-14-4-1-3-13(11-14)17(6-9-24-10-7-17)16(21)20-25(22,23)15-5-2-8-19-12-15/h1-5,8,11-12H,6-7,9-10H2,(H,20,21). The molecule has 0 spiro atoms. The largest absolute Gasteiger partial charge is 0.381 e. The van der Waals surface area contributed by atoms with E-state index in [1.807, 2.05) is 0 Å². The van der Waals surface area contributed by atoms with Crippen molar-refractivity contribution in [1.29, 1.82) is 0 Å². The summed E-state index contributed by atoms with van der Waals surface area (Å²) in [6.07, 6.45) is 3.42. The number of halogens is 1. The summed E-state index contributed by atoms with van der Waals surface area (Å²) in [4.78, 5) is 16.7. The third kappa shape index (κ3) is 3.68. The fraction of sp³-hybridized carbons (Fsp3) is 0.294. The molecule has 25 heavy (non-hydrogen) atoms. The predicted molar refractivity (Wildman–Crippen MR) is 92.7 cm³/mol. The van der Waals surface area contributed by atoms with Crippen LogP contribution in [0.2, 0.25) is 5.02 Å². The van der Waals surface area contributed by atoms with Crippen LogP contribution in [0.3, 0.4) is 0 Å². The van der Waals surface area contributed by atoms with Crippen LogP contribution in [0.25, 0.3) is 0 Å². The van der Waals surface area contributed by atoms with Gasteiger partial charge in [-0.05, 0) is 42.7 Å². The van der Waals surface area contributed by atoms with Crippen LogP contribution in [0.15, 0.2) is 53.7 Å². The first kappa shape index (κ1) is 17.8. The summed E-state index contributed by atoms with van der Waals surface area (Å²) in [6.45, 7) is 0.736. The van der Waals surface area contributed by atoms with Crippen molar-refractivity contribution >= 4 is 27.5 Å². The van der Waals surface area contributed by atoms with Crippen molar-refractivity contribution in [3.8, 4) is 0 Å².